The van der Waals surface area contributed by atoms with Crippen molar-refractivity contribution in [2.75, 3.05) is 32.8 Å². The van der Waals surface area contributed by atoms with Crippen molar-refractivity contribution in [1.29, 1.82) is 0 Å². The van der Waals surface area contributed by atoms with E-state index < -0.39 is 0 Å². The normalized spacial score (nSPS) is 25.0. The molecule has 1 aliphatic heterocycles. The van der Waals surface area contributed by atoms with Gasteiger partial charge in [-0.1, -0.05) is 33.6 Å². The minimum Gasteiger partial charge on any atom is -0.395 e. The van der Waals surface area contributed by atoms with Gasteiger partial charge < -0.3 is 10.4 Å². The van der Waals surface area contributed by atoms with Crippen molar-refractivity contribution in [1.82, 2.24) is 10.2 Å². The summed E-state index contributed by atoms with van der Waals surface area (Å²) >= 11 is 0. The van der Waals surface area contributed by atoms with E-state index in [9.17, 15) is 5.11 Å². The van der Waals surface area contributed by atoms with E-state index >= 15 is 0 Å². The number of likely N-dealkylation sites (tertiary alicyclic amines) is 1. The molecule has 2 N–H and O–H groups in total. The Balaban J connectivity index is 2.56. The zero-order valence-corrected chi connectivity index (χ0v) is 12.5. The second-order valence-electron chi connectivity index (χ2n) is 6.14. The van der Waals surface area contributed by atoms with E-state index in [0.29, 0.717) is 18.1 Å². The van der Waals surface area contributed by atoms with Gasteiger partial charge in [-0.05, 0) is 37.8 Å². The average molecular weight is 256 g/mol. The fraction of sp³-hybridized carbons (Fsp3) is 1.00. The molecule has 2 unspecified atom stereocenters. The van der Waals surface area contributed by atoms with Crippen LogP contribution in [0.4, 0.5) is 0 Å². The summed E-state index contributed by atoms with van der Waals surface area (Å²) in [5.74, 6) is 0. The number of nitrogens with one attached hydrogen (secondary N) is 1. The van der Waals surface area contributed by atoms with Gasteiger partial charge in [0.05, 0.1) is 6.61 Å². The lowest BCUT2D eigenvalue weighted by atomic mass is 9.83. The van der Waals surface area contributed by atoms with E-state index in [2.05, 4.69) is 31.0 Å². The first-order valence-electron chi connectivity index (χ1n) is 7.71. The first-order valence-corrected chi connectivity index (χ1v) is 7.71. The minimum atomic E-state index is 0.323. The fourth-order valence-electron chi connectivity index (χ4n) is 3.22. The third-order valence-electron chi connectivity index (χ3n) is 4.20. The molecule has 0 amide bonds. The highest BCUT2D eigenvalue weighted by Gasteiger charge is 2.30. The van der Waals surface area contributed by atoms with Gasteiger partial charge in [-0.2, -0.15) is 0 Å². The molecule has 0 aromatic heterocycles. The maximum Gasteiger partial charge on any atom is 0.0586 e. The molecule has 1 fully saturated rings. The molecule has 0 saturated carbocycles. The van der Waals surface area contributed by atoms with Crippen LogP contribution in [0.25, 0.3) is 0 Å². The molecule has 108 valence electrons. The van der Waals surface area contributed by atoms with Crippen LogP contribution in [0.15, 0.2) is 0 Å². The van der Waals surface area contributed by atoms with Gasteiger partial charge in [0, 0.05) is 19.1 Å². The lowest BCUT2D eigenvalue weighted by Crippen LogP contribution is -2.49. The Kier molecular flexibility index (Phi) is 7.20. The Hall–Kier alpha value is -0.120. The largest absolute Gasteiger partial charge is 0.395 e. The first kappa shape index (κ1) is 15.9. The molecule has 3 heteroatoms. The van der Waals surface area contributed by atoms with Crippen LogP contribution in [-0.2, 0) is 0 Å². The molecular weight excluding hydrogens is 224 g/mol. The van der Waals surface area contributed by atoms with Crippen LogP contribution in [0.1, 0.15) is 52.9 Å². The number of hydrogen-bond acceptors (Lipinski definition) is 3. The van der Waals surface area contributed by atoms with E-state index in [1.54, 1.807) is 0 Å². The summed E-state index contributed by atoms with van der Waals surface area (Å²) in [5.41, 5.74) is 0.343. The fourth-order valence-corrected chi connectivity index (χ4v) is 3.22. The molecule has 0 aliphatic carbocycles. The molecule has 0 spiro atoms. The van der Waals surface area contributed by atoms with Gasteiger partial charge >= 0.3 is 0 Å². The molecule has 0 bridgehead atoms. The monoisotopic (exact) mass is 256 g/mol. The van der Waals surface area contributed by atoms with Gasteiger partial charge in [0.25, 0.3) is 0 Å². The number of piperidine rings is 1. The van der Waals surface area contributed by atoms with Crippen molar-refractivity contribution in [3.8, 4) is 0 Å². The van der Waals surface area contributed by atoms with Crippen molar-refractivity contribution >= 4 is 0 Å². The van der Waals surface area contributed by atoms with Gasteiger partial charge in [0.15, 0.2) is 0 Å². The first-order chi connectivity index (χ1) is 8.65. The van der Waals surface area contributed by atoms with Crippen LogP contribution >= 0.6 is 0 Å². The summed E-state index contributed by atoms with van der Waals surface area (Å²) in [5, 5.41) is 13.0. The van der Waals surface area contributed by atoms with Gasteiger partial charge in [-0.15, -0.1) is 0 Å². The van der Waals surface area contributed by atoms with E-state index in [-0.39, 0.29) is 0 Å². The van der Waals surface area contributed by atoms with Gasteiger partial charge in [-0.3, -0.25) is 4.90 Å². The number of aliphatic hydroxyl groups excluding tert-OH is 1. The molecule has 0 aromatic carbocycles. The number of aliphatic hydroxyl groups is 1. The van der Waals surface area contributed by atoms with Crippen molar-refractivity contribution in [2.45, 2.75) is 58.9 Å². The van der Waals surface area contributed by atoms with Crippen molar-refractivity contribution < 1.29 is 5.11 Å². The molecule has 0 aromatic rings. The summed E-state index contributed by atoms with van der Waals surface area (Å²) in [4.78, 5) is 2.52. The number of nitrogens with zero attached hydrogens (tertiary/aromatic N) is 1. The molecule has 1 aliphatic rings. The average Bonchev–Trinajstić information content (AvgIpc) is 2.37. The van der Waals surface area contributed by atoms with Crippen molar-refractivity contribution in [3.63, 3.8) is 0 Å². The zero-order chi connectivity index (χ0) is 13.4. The SMILES string of the molecule is CCCC(C)(CNCC)CN1CCCCC1CO. The zero-order valence-electron chi connectivity index (χ0n) is 12.5. The third-order valence-corrected chi connectivity index (χ3v) is 4.20. The molecule has 3 nitrogen and oxygen atoms in total. The molecule has 18 heavy (non-hydrogen) atoms. The quantitative estimate of drug-likeness (QED) is 0.699. The highest BCUT2D eigenvalue weighted by atomic mass is 16.3. The van der Waals surface area contributed by atoms with Crippen molar-refractivity contribution in [3.05, 3.63) is 0 Å². The lowest BCUT2D eigenvalue weighted by molar-refractivity contribution is 0.0493. The van der Waals surface area contributed by atoms with Gasteiger partial charge in [0.1, 0.15) is 0 Å². The topological polar surface area (TPSA) is 35.5 Å². The predicted octanol–water partition coefficient (Wildman–Crippen LogP) is 2.25. The highest BCUT2D eigenvalue weighted by Crippen LogP contribution is 2.27. The summed E-state index contributed by atoms with van der Waals surface area (Å²) in [6, 6.07) is 0.400. The number of hydrogen-bond donors (Lipinski definition) is 2. The highest BCUT2D eigenvalue weighted by molar-refractivity contribution is 4.85. The minimum absolute atomic E-state index is 0.323. The summed E-state index contributed by atoms with van der Waals surface area (Å²) in [6.07, 6.45) is 6.23. The number of rotatable bonds is 8. The molecular formula is C15H32N2O. The van der Waals surface area contributed by atoms with E-state index in [0.717, 1.165) is 26.2 Å². The van der Waals surface area contributed by atoms with Crippen LogP contribution in [0, 0.1) is 5.41 Å². The molecule has 1 rings (SSSR count). The predicted molar refractivity (Wildman–Crippen MR) is 77.9 cm³/mol. The Morgan fingerprint density at radius 3 is 2.72 bits per heavy atom. The molecule has 0 radical (unpaired) electrons. The molecule has 1 saturated heterocycles. The van der Waals surface area contributed by atoms with E-state index in [1.807, 2.05) is 0 Å². The standard InChI is InChI=1S/C15H32N2O/c1-4-9-15(3,12-16-5-2)13-17-10-7-6-8-14(17)11-18/h14,16,18H,4-13H2,1-3H3. The second-order valence-corrected chi connectivity index (χ2v) is 6.14. The Morgan fingerprint density at radius 2 is 2.11 bits per heavy atom. The van der Waals surface area contributed by atoms with Gasteiger partial charge in [0.2, 0.25) is 0 Å². The smallest absolute Gasteiger partial charge is 0.0586 e. The van der Waals surface area contributed by atoms with Crippen LogP contribution < -0.4 is 5.32 Å². The van der Waals surface area contributed by atoms with Gasteiger partial charge in [-0.25, -0.2) is 0 Å². The summed E-state index contributed by atoms with van der Waals surface area (Å²) in [7, 11) is 0. The van der Waals surface area contributed by atoms with E-state index in [4.69, 9.17) is 0 Å². The van der Waals surface area contributed by atoms with Crippen LogP contribution in [0.5, 0.6) is 0 Å². The Morgan fingerprint density at radius 1 is 1.33 bits per heavy atom. The third kappa shape index (κ3) is 4.87. The lowest BCUT2D eigenvalue weighted by Gasteiger charge is -2.41. The van der Waals surface area contributed by atoms with Crippen LogP contribution in [0.2, 0.25) is 0 Å². The maximum absolute atomic E-state index is 9.51. The Bertz CT molecular complexity index is 223. The Labute approximate surface area is 113 Å². The van der Waals surface area contributed by atoms with E-state index in [1.165, 1.54) is 32.1 Å². The summed E-state index contributed by atoms with van der Waals surface area (Å²) in [6.45, 7) is 11.6. The van der Waals surface area contributed by atoms with Crippen LogP contribution in [0.3, 0.4) is 0 Å². The molecule has 2 atom stereocenters. The summed E-state index contributed by atoms with van der Waals surface area (Å²) < 4.78 is 0. The maximum atomic E-state index is 9.51. The second kappa shape index (κ2) is 8.13. The van der Waals surface area contributed by atoms with Crippen molar-refractivity contribution in [2.24, 2.45) is 5.41 Å². The molecule has 1 heterocycles. The van der Waals surface area contributed by atoms with Crippen LogP contribution in [-0.4, -0.2) is 48.8 Å².